The first-order valence-electron chi connectivity index (χ1n) is 8.16. The minimum atomic E-state index is -3.69. The fraction of sp³-hybridized carbons (Fsp3) is 0.800. The predicted octanol–water partition coefficient (Wildman–Crippen LogP) is 1.55. The maximum atomic E-state index is 14.3. The van der Waals surface area contributed by atoms with E-state index in [1.807, 2.05) is 11.5 Å². The molecule has 0 atom stereocenters. The summed E-state index contributed by atoms with van der Waals surface area (Å²) in [6.45, 7) is 3.26. The Morgan fingerprint density at radius 1 is 1.43 bits per heavy atom. The van der Waals surface area contributed by atoms with Gasteiger partial charge in [0.2, 0.25) is 0 Å². The zero-order valence-electron chi connectivity index (χ0n) is 13.2. The topological polar surface area (TPSA) is 71.2 Å². The smallest absolute Gasteiger partial charge is 0.352 e. The SMILES string of the molecule is CCn1cnnc1C1CCN(C(=O)C(F)(F)C2(O)CCC2)CC1. The van der Waals surface area contributed by atoms with E-state index in [2.05, 4.69) is 10.2 Å². The number of carbonyl (C=O) groups excluding carboxylic acids is 1. The van der Waals surface area contributed by atoms with Gasteiger partial charge in [0.1, 0.15) is 17.8 Å². The molecule has 1 aromatic heterocycles. The van der Waals surface area contributed by atoms with Crippen molar-refractivity contribution in [3.63, 3.8) is 0 Å². The average molecular weight is 328 g/mol. The molecule has 3 rings (SSSR count). The molecule has 0 unspecified atom stereocenters. The fourth-order valence-corrected chi connectivity index (χ4v) is 3.39. The van der Waals surface area contributed by atoms with E-state index < -0.39 is 17.4 Å². The number of hydrogen-bond acceptors (Lipinski definition) is 4. The van der Waals surface area contributed by atoms with E-state index in [0.717, 1.165) is 12.4 Å². The van der Waals surface area contributed by atoms with Crippen molar-refractivity contribution in [3.05, 3.63) is 12.2 Å². The van der Waals surface area contributed by atoms with E-state index >= 15 is 0 Å². The molecule has 1 amide bonds. The van der Waals surface area contributed by atoms with Crippen LogP contribution in [0, 0.1) is 0 Å². The Morgan fingerprint density at radius 2 is 2.09 bits per heavy atom. The summed E-state index contributed by atoms with van der Waals surface area (Å²) in [7, 11) is 0. The molecule has 8 heteroatoms. The zero-order chi connectivity index (χ0) is 16.7. The summed E-state index contributed by atoms with van der Waals surface area (Å²) in [5, 5.41) is 17.9. The van der Waals surface area contributed by atoms with Crippen molar-refractivity contribution in [1.29, 1.82) is 0 Å². The largest absolute Gasteiger partial charge is 0.383 e. The van der Waals surface area contributed by atoms with Gasteiger partial charge in [0.25, 0.3) is 5.91 Å². The standard InChI is InChI=1S/C15H22F2N4O2/c1-2-20-10-18-19-12(20)11-4-8-21(9-5-11)13(22)15(16,17)14(23)6-3-7-14/h10-11,23H,2-9H2,1H3. The lowest BCUT2D eigenvalue weighted by Crippen LogP contribution is -2.62. The summed E-state index contributed by atoms with van der Waals surface area (Å²) >= 11 is 0. The third-order valence-electron chi connectivity index (χ3n) is 5.17. The number of aliphatic hydroxyl groups is 1. The molecule has 1 aliphatic heterocycles. The van der Waals surface area contributed by atoms with Gasteiger partial charge in [-0.25, -0.2) is 0 Å². The number of hydrogen-bond donors (Lipinski definition) is 1. The molecule has 1 N–H and O–H groups in total. The molecule has 128 valence electrons. The second-order valence-electron chi connectivity index (χ2n) is 6.50. The maximum absolute atomic E-state index is 14.3. The number of likely N-dealkylation sites (tertiary alicyclic amines) is 1. The van der Waals surface area contributed by atoms with Crippen LogP contribution >= 0.6 is 0 Å². The molecule has 6 nitrogen and oxygen atoms in total. The van der Waals surface area contributed by atoms with Gasteiger partial charge in [-0.05, 0) is 39.0 Å². The molecular weight excluding hydrogens is 306 g/mol. The van der Waals surface area contributed by atoms with Crippen molar-refractivity contribution in [2.45, 2.75) is 63.0 Å². The van der Waals surface area contributed by atoms with E-state index in [9.17, 15) is 18.7 Å². The highest BCUT2D eigenvalue weighted by Crippen LogP contribution is 2.45. The van der Waals surface area contributed by atoms with Crippen LogP contribution in [0.5, 0.6) is 0 Å². The normalized spacial score (nSPS) is 22.0. The lowest BCUT2D eigenvalue weighted by Gasteiger charge is -2.44. The molecule has 1 aromatic rings. The fourth-order valence-electron chi connectivity index (χ4n) is 3.39. The van der Waals surface area contributed by atoms with Crippen LogP contribution in [0.15, 0.2) is 6.33 Å². The monoisotopic (exact) mass is 328 g/mol. The number of halogens is 2. The van der Waals surface area contributed by atoms with Gasteiger partial charge in [-0.3, -0.25) is 4.79 Å². The van der Waals surface area contributed by atoms with Crippen LogP contribution in [0.2, 0.25) is 0 Å². The lowest BCUT2D eigenvalue weighted by atomic mass is 9.74. The zero-order valence-corrected chi connectivity index (χ0v) is 13.2. The van der Waals surface area contributed by atoms with Crippen LogP contribution in [0.3, 0.4) is 0 Å². The van der Waals surface area contributed by atoms with Crippen LogP contribution < -0.4 is 0 Å². The number of alkyl halides is 2. The van der Waals surface area contributed by atoms with Crippen LogP contribution in [0.1, 0.15) is 50.8 Å². The van der Waals surface area contributed by atoms with Crippen molar-refractivity contribution < 1.29 is 18.7 Å². The van der Waals surface area contributed by atoms with Gasteiger partial charge in [-0.15, -0.1) is 10.2 Å². The predicted molar refractivity (Wildman–Crippen MR) is 78.0 cm³/mol. The van der Waals surface area contributed by atoms with Gasteiger partial charge in [0.15, 0.2) is 0 Å². The van der Waals surface area contributed by atoms with Gasteiger partial charge in [0.05, 0.1) is 0 Å². The summed E-state index contributed by atoms with van der Waals surface area (Å²) in [4.78, 5) is 13.3. The quantitative estimate of drug-likeness (QED) is 0.910. The summed E-state index contributed by atoms with van der Waals surface area (Å²) in [5.41, 5.74) is -2.15. The second kappa shape index (κ2) is 5.81. The van der Waals surface area contributed by atoms with Crippen LogP contribution in [-0.2, 0) is 11.3 Å². The Morgan fingerprint density at radius 3 is 2.61 bits per heavy atom. The van der Waals surface area contributed by atoms with E-state index in [1.54, 1.807) is 6.33 Å². The molecule has 23 heavy (non-hydrogen) atoms. The van der Waals surface area contributed by atoms with Gasteiger partial charge in [-0.1, -0.05) is 0 Å². The number of carbonyl (C=O) groups is 1. The Hall–Kier alpha value is -1.57. The molecule has 0 aromatic carbocycles. The van der Waals surface area contributed by atoms with Gasteiger partial charge in [-0.2, -0.15) is 8.78 Å². The number of aryl methyl sites for hydroxylation is 1. The van der Waals surface area contributed by atoms with Crippen LogP contribution in [-0.4, -0.2) is 55.3 Å². The molecular formula is C15H22F2N4O2. The van der Waals surface area contributed by atoms with E-state index in [4.69, 9.17) is 0 Å². The Balaban J connectivity index is 1.64. The summed E-state index contributed by atoms with van der Waals surface area (Å²) in [6, 6.07) is 0. The highest BCUT2D eigenvalue weighted by atomic mass is 19.3. The Labute approximate surface area is 133 Å². The number of rotatable bonds is 4. The number of aromatic nitrogens is 3. The first kappa shape index (κ1) is 16.3. The molecule has 0 radical (unpaired) electrons. The highest BCUT2D eigenvalue weighted by molar-refractivity contribution is 5.85. The molecule has 2 fully saturated rings. The van der Waals surface area contributed by atoms with Crippen molar-refractivity contribution in [2.24, 2.45) is 0 Å². The minimum absolute atomic E-state index is 0.0121. The highest BCUT2D eigenvalue weighted by Gasteiger charge is 2.62. The molecule has 0 bridgehead atoms. The van der Waals surface area contributed by atoms with Crippen LogP contribution in [0.4, 0.5) is 8.78 Å². The summed E-state index contributed by atoms with van der Waals surface area (Å²) in [5.74, 6) is -3.96. The molecule has 1 saturated heterocycles. The number of nitrogens with zero attached hydrogens (tertiary/aromatic N) is 4. The maximum Gasteiger partial charge on any atom is 0.352 e. The first-order chi connectivity index (χ1) is 10.9. The third-order valence-corrected chi connectivity index (χ3v) is 5.17. The van der Waals surface area contributed by atoms with Gasteiger partial charge in [0, 0.05) is 25.6 Å². The van der Waals surface area contributed by atoms with Crippen molar-refractivity contribution in [2.75, 3.05) is 13.1 Å². The van der Waals surface area contributed by atoms with Gasteiger partial charge < -0.3 is 14.6 Å². The number of amides is 1. The average Bonchev–Trinajstić information content (AvgIpc) is 3.00. The Bertz CT molecular complexity index is 578. The molecule has 2 heterocycles. The third kappa shape index (κ3) is 2.62. The van der Waals surface area contributed by atoms with E-state index in [0.29, 0.717) is 19.3 Å². The van der Waals surface area contributed by atoms with E-state index in [-0.39, 0.29) is 31.8 Å². The molecule has 0 spiro atoms. The molecule has 1 saturated carbocycles. The van der Waals surface area contributed by atoms with Crippen molar-refractivity contribution >= 4 is 5.91 Å². The van der Waals surface area contributed by atoms with Crippen molar-refractivity contribution in [1.82, 2.24) is 19.7 Å². The first-order valence-corrected chi connectivity index (χ1v) is 8.16. The van der Waals surface area contributed by atoms with Gasteiger partial charge >= 0.3 is 5.92 Å². The number of piperidine rings is 1. The Kier molecular flexibility index (Phi) is 4.12. The van der Waals surface area contributed by atoms with E-state index in [1.165, 1.54) is 4.90 Å². The lowest BCUT2D eigenvalue weighted by molar-refractivity contribution is -0.224. The summed E-state index contributed by atoms with van der Waals surface area (Å²) < 4.78 is 30.4. The summed E-state index contributed by atoms with van der Waals surface area (Å²) in [6.07, 6.45) is 3.34. The van der Waals surface area contributed by atoms with Crippen LogP contribution in [0.25, 0.3) is 0 Å². The second-order valence-corrected chi connectivity index (χ2v) is 6.50. The van der Waals surface area contributed by atoms with Crippen molar-refractivity contribution in [3.8, 4) is 0 Å². The minimum Gasteiger partial charge on any atom is -0.383 e. The molecule has 1 aliphatic carbocycles. The molecule has 2 aliphatic rings.